The molecule has 0 radical (unpaired) electrons. The average Bonchev–Trinajstić information content (AvgIpc) is 2.48. The highest BCUT2D eigenvalue weighted by atomic mass is 31.2. The first-order valence-electron chi connectivity index (χ1n) is 7.54. The van der Waals surface area contributed by atoms with Crippen LogP contribution in [0.5, 0.6) is 0 Å². The van der Waals surface area contributed by atoms with Crippen LogP contribution >= 0.6 is 7.60 Å². The summed E-state index contributed by atoms with van der Waals surface area (Å²) in [6.45, 7) is 6.43. The molecule has 1 aromatic carbocycles. The van der Waals surface area contributed by atoms with Crippen molar-refractivity contribution in [2.45, 2.75) is 46.5 Å². The summed E-state index contributed by atoms with van der Waals surface area (Å²) in [5.41, 5.74) is 0.590. The van der Waals surface area contributed by atoms with E-state index in [1.165, 1.54) is 6.92 Å². The number of hydrogen-bond donors (Lipinski definition) is 0. The molecule has 0 spiro atoms. The van der Waals surface area contributed by atoms with Crippen LogP contribution in [0.25, 0.3) is 0 Å². The van der Waals surface area contributed by atoms with Gasteiger partial charge in [-0.3, -0.25) is 9.36 Å². The fourth-order valence-electron chi connectivity index (χ4n) is 1.72. The zero-order chi connectivity index (χ0) is 15.7. The van der Waals surface area contributed by atoms with E-state index < -0.39 is 7.60 Å². The van der Waals surface area contributed by atoms with Gasteiger partial charge in [0.25, 0.3) is 0 Å². The van der Waals surface area contributed by atoms with Gasteiger partial charge in [0.05, 0.1) is 18.5 Å². The lowest BCUT2D eigenvalue weighted by atomic mass is 10.2. The van der Waals surface area contributed by atoms with Gasteiger partial charge in [-0.2, -0.15) is 0 Å². The number of carbonyl (C=O) groups excluding carboxylic acids is 1. The highest BCUT2D eigenvalue weighted by Crippen LogP contribution is 2.47. The summed E-state index contributed by atoms with van der Waals surface area (Å²) in [6, 6.07) is 6.65. The largest absolute Gasteiger partial charge is 0.361 e. The van der Waals surface area contributed by atoms with Crippen LogP contribution in [-0.4, -0.2) is 19.0 Å². The van der Waals surface area contributed by atoms with Gasteiger partial charge < -0.3 is 9.05 Å². The Morgan fingerprint density at radius 1 is 1.00 bits per heavy atom. The topological polar surface area (TPSA) is 52.6 Å². The smallest absolute Gasteiger partial charge is 0.305 e. The maximum Gasteiger partial charge on any atom is 0.361 e. The van der Waals surface area contributed by atoms with Crippen molar-refractivity contribution in [2.75, 3.05) is 13.2 Å². The van der Waals surface area contributed by atoms with Gasteiger partial charge in [-0.05, 0) is 31.9 Å². The summed E-state index contributed by atoms with van der Waals surface area (Å²) in [5, 5.41) is 0.514. The van der Waals surface area contributed by atoms with E-state index in [-0.39, 0.29) is 5.78 Å². The third kappa shape index (κ3) is 5.74. The zero-order valence-corrected chi connectivity index (χ0v) is 14.0. The molecule has 0 heterocycles. The van der Waals surface area contributed by atoms with Gasteiger partial charge in [0.2, 0.25) is 0 Å². The van der Waals surface area contributed by atoms with Crippen molar-refractivity contribution in [3.05, 3.63) is 29.8 Å². The molecule has 0 aliphatic heterocycles. The lowest BCUT2D eigenvalue weighted by molar-refractivity contribution is 0.101. The van der Waals surface area contributed by atoms with Crippen LogP contribution < -0.4 is 5.30 Å². The molecule has 21 heavy (non-hydrogen) atoms. The van der Waals surface area contributed by atoms with Crippen LogP contribution in [0.1, 0.15) is 56.8 Å². The monoisotopic (exact) mass is 312 g/mol. The Hall–Kier alpha value is -0.960. The fourth-order valence-corrected chi connectivity index (χ4v) is 3.35. The summed E-state index contributed by atoms with van der Waals surface area (Å²) in [4.78, 5) is 11.3. The molecule has 118 valence electrons. The molecule has 0 aromatic heterocycles. The highest BCUT2D eigenvalue weighted by molar-refractivity contribution is 7.62. The molecule has 1 aromatic rings. The molecular formula is C16H25O4P. The number of ketones is 1. The number of hydrogen-bond acceptors (Lipinski definition) is 4. The molecule has 5 heteroatoms. The molecule has 0 amide bonds. The standard InChI is InChI=1S/C16H25O4P/c1-4-6-12-19-21(18,20-13-7-5-2)16-10-8-15(9-11-16)14(3)17/h8-11H,4-7,12-13H2,1-3H3. The molecular weight excluding hydrogens is 287 g/mol. The second-order valence-corrected chi connectivity index (χ2v) is 7.00. The van der Waals surface area contributed by atoms with E-state index in [2.05, 4.69) is 0 Å². The lowest BCUT2D eigenvalue weighted by Gasteiger charge is -2.19. The molecule has 4 nitrogen and oxygen atoms in total. The van der Waals surface area contributed by atoms with Gasteiger partial charge in [-0.25, -0.2) is 0 Å². The molecule has 0 aliphatic rings. The predicted molar refractivity (Wildman–Crippen MR) is 85.4 cm³/mol. The molecule has 0 unspecified atom stereocenters. The maximum atomic E-state index is 12.9. The minimum Gasteiger partial charge on any atom is -0.305 e. The number of rotatable bonds is 10. The van der Waals surface area contributed by atoms with Gasteiger partial charge in [-0.1, -0.05) is 38.8 Å². The third-order valence-corrected chi connectivity index (χ3v) is 5.08. The highest BCUT2D eigenvalue weighted by Gasteiger charge is 2.27. The Kier molecular flexibility index (Phi) is 7.87. The molecule has 0 atom stereocenters. The van der Waals surface area contributed by atoms with Crippen LogP contribution in [0.2, 0.25) is 0 Å². The van der Waals surface area contributed by atoms with Crippen molar-refractivity contribution in [2.24, 2.45) is 0 Å². The van der Waals surface area contributed by atoms with E-state index >= 15 is 0 Å². The van der Waals surface area contributed by atoms with E-state index in [1.54, 1.807) is 24.3 Å². The number of unbranched alkanes of at least 4 members (excludes halogenated alkanes) is 2. The SMILES string of the molecule is CCCCOP(=O)(OCCCC)c1ccc(C(C)=O)cc1. The van der Waals surface area contributed by atoms with E-state index in [1.807, 2.05) is 13.8 Å². The zero-order valence-electron chi connectivity index (χ0n) is 13.1. The van der Waals surface area contributed by atoms with Crippen molar-refractivity contribution < 1.29 is 18.4 Å². The Labute approximate surface area is 127 Å². The summed E-state index contributed by atoms with van der Waals surface area (Å²) >= 11 is 0. The van der Waals surface area contributed by atoms with Crippen LogP contribution in [0.15, 0.2) is 24.3 Å². The minimum atomic E-state index is -3.29. The minimum absolute atomic E-state index is 0.0183. The van der Waals surface area contributed by atoms with Crippen molar-refractivity contribution in [1.82, 2.24) is 0 Å². The normalized spacial score (nSPS) is 11.6. The number of benzene rings is 1. The van der Waals surface area contributed by atoms with Crippen LogP contribution in [0.4, 0.5) is 0 Å². The van der Waals surface area contributed by atoms with Gasteiger partial charge >= 0.3 is 7.60 Å². The fraction of sp³-hybridized carbons (Fsp3) is 0.562. The first kappa shape index (κ1) is 18.1. The first-order chi connectivity index (χ1) is 10.0. The van der Waals surface area contributed by atoms with Crippen LogP contribution in [0.3, 0.4) is 0 Å². The van der Waals surface area contributed by atoms with E-state index in [0.717, 1.165) is 25.7 Å². The Bertz CT molecular complexity index is 468. The summed E-state index contributed by atoms with van der Waals surface area (Å²) < 4.78 is 24.0. The Morgan fingerprint density at radius 3 is 1.86 bits per heavy atom. The first-order valence-corrected chi connectivity index (χ1v) is 9.08. The predicted octanol–water partition coefficient (Wildman–Crippen LogP) is 4.34. The molecule has 1 rings (SSSR count). The second-order valence-electron chi connectivity index (χ2n) is 4.97. The molecule has 0 fully saturated rings. The molecule has 0 saturated carbocycles. The Balaban J connectivity index is 2.87. The third-order valence-electron chi connectivity index (χ3n) is 3.11. The summed E-state index contributed by atoms with van der Waals surface area (Å²) in [5.74, 6) is -0.0183. The molecule has 0 bridgehead atoms. The summed E-state index contributed by atoms with van der Waals surface area (Å²) in [6.07, 6.45) is 3.62. The quantitative estimate of drug-likeness (QED) is 0.366. The van der Waals surface area contributed by atoms with Crippen molar-refractivity contribution in [3.8, 4) is 0 Å². The second kappa shape index (κ2) is 9.14. The van der Waals surface area contributed by atoms with Crippen molar-refractivity contribution in [3.63, 3.8) is 0 Å². The van der Waals surface area contributed by atoms with Crippen molar-refractivity contribution >= 4 is 18.7 Å². The number of carbonyl (C=O) groups is 1. The van der Waals surface area contributed by atoms with E-state index in [0.29, 0.717) is 24.1 Å². The van der Waals surface area contributed by atoms with Crippen LogP contribution in [0, 0.1) is 0 Å². The molecule has 0 saturated heterocycles. The van der Waals surface area contributed by atoms with E-state index in [9.17, 15) is 9.36 Å². The maximum absolute atomic E-state index is 12.9. The van der Waals surface area contributed by atoms with Gasteiger partial charge in [-0.15, -0.1) is 0 Å². The van der Waals surface area contributed by atoms with Crippen molar-refractivity contribution in [1.29, 1.82) is 0 Å². The van der Waals surface area contributed by atoms with Gasteiger partial charge in [0.1, 0.15) is 0 Å². The summed E-state index contributed by atoms with van der Waals surface area (Å²) in [7, 11) is -3.29. The average molecular weight is 312 g/mol. The molecule has 0 aliphatic carbocycles. The van der Waals surface area contributed by atoms with E-state index in [4.69, 9.17) is 9.05 Å². The lowest BCUT2D eigenvalue weighted by Crippen LogP contribution is -2.12. The molecule has 0 N–H and O–H groups in total. The van der Waals surface area contributed by atoms with Crippen LogP contribution in [-0.2, 0) is 13.6 Å². The van der Waals surface area contributed by atoms with Gasteiger partial charge in [0, 0.05) is 5.56 Å². The number of Topliss-reactive ketones (excluding diaryl/α,β-unsaturated/α-hetero) is 1. The Morgan fingerprint density at radius 2 is 1.48 bits per heavy atom. The van der Waals surface area contributed by atoms with Gasteiger partial charge in [0.15, 0.2) is 5.78 Å².